The summed E-state index contributed by atoms with van der Waals surface area (Å²) >= 11 is 7.03. The molecule has 0 fully saturated rings. The second-order valence-electron chi connectivity index (χ2n) is 5.84. The normalized spacial score (nSPS) is 11.3. The Balaban J connectivity index is 1.77. The van der Waals surface area contributed by atoms with E-state index >= 15 is 0 Å². The molecule has 0 unspecified atom stereocenters. The molecule has 3 aromatic rings. The van der Waals surface area contributed by atoms with Crippen molar-refractivity contribution in [1.29, 1.82) is 0 Å². The maximum Gasteiger partial charge on any atom is 0.416 e. The van der Waals surface area contributed by atoms with E-state index in [0.29, 0.717) is 4.88 Å². The van der Waals surface area contributed by atoms with Crippen molar-refractivity contribution in [3.8, 4) is 0 Å². The van der Waals surface area contributed by atoms with E-state index in [2.05, 4.69) is 10.3 Å². The van der Waals surface area contributed by atoms with Gasteiger partial charge in [-0.3, -0.25) is 20.2 Å². The molecule has 0 radical (unpaired) electrons. The van der Waals surface area contributed by atoms with E-state index in [4.69, 9.17) is 11.6 Å². The van der Waals surface area contributed by atoms with E-state index in [1.807, 2.05) is 0 Å². The molecule has 3 rings (SSSR count). The van der Waals surface area contributed by atoms with Crippen molar-refractivity contribution in [3.63, 3.8) is 0 Å². The highest BCUT2D eigenvalue weighted by molar-refractivity contribution is 7.15. The zero-order valence-corrected chi connectivity index (χ0v) is 15.9. The van der Waals surface area contributed by atoms with Gasteiger partial charge in [0.15, 0.2) is 5.13 Å². The van der Waals surface area contributed by atoms with Crippen LogP contribution in [-0.4, -0.2) is 15.8 Å². The van der Waals surface area contributed by atoms with Gasteiger partial charge >= 0.3 is 6.18 Å². The van der Waals surface area contributed by atoms with Crippen LogP contribution in [0.25, 0.3) is 0 Å². The van der Waals surface area contributed by atoms with E-state index < -0.39 is 22.6 Å². The lowest BCUT2D eigenvalue weighted by molar-refractivity contribution is -0.385. The molecule has 150 valence electrons. The maximum atomic E-state index is 12.9. The molecule has 0 aliphatic rings. The first-order chi connectivity index (χ1) is 13.6. The lowest BCUT2D eigenvalue weighted by Gasteiger charge is -2.09. The molecule has 1 N–H and O–H groups in total. The second kappa shape index (κ2) is 8.18. The highest BCUT2D eigenvalue weighted by Crippen LogP contribution is 2.33. The summed E-state index contributed by atoms with van der Waals surface area (Å²) in [6.07, 6.45) is -3.01. The van der Waals surface area contributed by atoms with Crippen LogP contribution in [0.2, 0.25) is 5.02 Å². The summed E-state index contributed by atoms with van der Waals surface area (Å²) in [6, 6.07) is 8.49. The van der Waals surface area contributed by atoms with Crippen LogP contribution >= 0.6 is 22.9 Å². The van der Waals surface area contributed by atoms with Gasteiger partial charge in [0.2, 0.25) is 0 Å². The van der Waals surface area contributed by atoms with Crippen molar-refractivity contribution in [2.24, 2.45) is 0 Å². The Morgan fingerprint density at radius 2 is 1.97 bits per heavy atom. The highest BCUT2D eigenvalue weighted by atomic mass is 35.5. The average Bonchev–Trinajstić information content (AvgIpc) is 3.09. The number of amides is 1. The van der Waals surface area contributed by atoms with Crippen LogP contribution < -0.4 is 5.32 Å². The third kappa shape index (κ3) is 4.90. The Bertz CT molecular complexity index is 1090. The van der Waals surface area contributed by atoms with E-state index in [1.165, 1.54) is 36.5 Å². The van der Waals surface area contributed by atoms with E-state index in [-0.39, 0.29) is 33.4 Å². The number of carbonyl (C=O) groups is 1. The van der Waals surface area contributed by atoms with Gasteiger partial charge in [0.25, 0.3) is 11.6 Å². The number of hydrogen-bond donors (Lipinski definition) is 1. The van der Waals surface area contributed by atoms with Crippen LogP contribution in [-0.2, 0) is 12.6 Å². The molecule has 1 amide bonds. The Labute approximate surface area is 171 Å². The van der Waals surface area contributed by atoms with Crippen LogP contribution in [0, 0.1) is 10.1 Å². The number of thiazole rings is 1. The van der Waals surface area contributed by atoms with Gasteiger partial charge in [0.1, 0.15) is 5.56 Å². The number of halogens is 4. The number of benzene rings is 2. The third-order valence-electron chi connectivity index (χ3n) is 3.86. The summed E-state index contributed by atoms with van der Waals surface area (Å²) in [5, 5.41) is 13.8. The van der Waals surface area contributed by atoms with Gasteiger partial charge in [-0.05, 0) is 29.8 Å². The molecular formula is C18H11ClF3N3O3S. The number of alkyl halides is 3. The number of nitrogens with zero attached hydrogens (tertiary/aromatic N) is 2. The third-order valence-corrected chi connectivity index (χ3v) is 5.14. The molecule has 1 heterocycles. The first-order valence-corrected chi connectivity index (χ1v) is 9.19. The fourth-order valence-electron chi connectivity index (χ4n) is 2.51. The minimum absolute atomic E-state index is 0.0851. The number of rotatable bonds is 5. The number of para-hydroxylation sites is 1. The molecule has 2 aromatic carbocycles. The van der Waals surface area contributed by atoms with Crippen molar-refractivity contribution < 1.29 is 22.9 Å². The topological polar surface area (TPSA) is 85.1 Å². The van der Waals surface area contributed by atoms with Gasteiger partial charge in [-0.25, -0.2) is 4.98 Å². The van der Waals surface area contributed by atoms with Crippen LogP contribution in [0.5, 0.6) is 0 Å². The molecule has 0 bridgehead atoms. The number of anilines is 1. The van der Waals surface area contributed by atoms with Crippen molar-refractivity contribution >= 4 is 39.7 Å². The second-order valence-corrected chi connectivity index (χ2v) is 7.36. The molecule has 0 saturated heterocycles. The van der Waals surface area contributed by atoms with Crippen molar-refractivity contribution in [2.75, 3.05) is 5.32 Å². The summed E-state index contributed by atoms with van der Waals surface area (Å²) in [7, 11) is 0. The van der Waals surface area contributed by atoms with Crippen LogP contribution in [0.15, 0.2) is 48.7 Å². The predicted octanol–water partition coefficient (Wildman–Crippen LogP) is 5.57. The quantitative estimate of drug-likeness (QED) is 0.414. The van der Waals surface area contributed by atoms with Crippen molar-refractivity contribution in [1.82, 2.24) is 4.98 Å². The Morgan fingerprint density at radius 3 is 2.66 bits per heavy atom. The molecule has 0 saturated carbocycles. The highest BCUT2D eigenvalue weighted by Gasteiger charge is 2.31. The minimum atomic E-state index is -4.49. The number of nitro benzene ring substituents is 1. The lowest BCUT2D eigenvalue weighted by Crippen LogP contribution is -2.13. The fraction of sp³-hybridized carbons (Fsp3) is 0.111. The minimum Gasteiger partial charge on any atom is -0.298 e. The number of carbonyl (C=O) groups excluding carboxylic acids is 1. The SMILES string of the molecule is O=C(Nc1ncc(Cc2cc(C(F)(F)F)ccc2Cl)s1)c1ccccc1[N+](=O)[O-]. The van der Waals surface area contributed by atoms with Gasteiger partial charge in [-0.2, -0.15) is 13.2 Å². The number of hydrogen-bond acceptors (Lipinski definition) is 5. The smallest absolute Gasteiger partial charge is 0.298 e. The van der Waals surface area contributed by atoms with Crippen molar-refractivity contribution in [2.45, 2.75) is 12.6 Å². The number of nitrogens with one attached hydrogen (secondary N) is 1. The van der Waals surface area contributed by atoms with Crippen molar-refractivity contribution in [3.05, 3.63) is 85.4 Å². The maximum absolute atomic E-state index is 12.9. The first-order valence-electron chi connectivity index (χ1n) is 8.00. The van der Waals surface area contributed by atoms with Gasteiger partial charge in [-0.15, -0.1) is 11.3 Å². The Morgan fingerprint density at radius 1 is 1.24 bits per heavy atom. The van der Waals surface area contributed by atoms with E-state index in [1.54, 1.807) is 0 Å². The largest absolute Gasteiger partial charge is 0.416 e. The molecule has 0 atom stereocenters. The molecule has 0 spiro atoms. The summed E-state index contributed by atoms with van der Waals surface area (Å²) < 4.78 is 38.7. The monoisotopic (exact) mass is 441 g/mol. The van der Waals surface area contributed by atoms with Crippen LogP contribution in [0.3, 0.4) is 0 Å². The summed E-state index contributed by atoms with van der Waals surface area (Å²) in [4.78, 5) is 27.3. The van der Waals surface area contributed by atoms with Gasteiger partial charge < -0.3 is 0 Å². The zero-order valence-electron chi connectivity index (χ0n) is 14.4. The first kappa shape index (κ1) is 20.7. The molecule has 0 aliphatic carbocycles. The zero-order chi connectivity index (χ0) is 21.2. The molecule has 6 nitrogen and oxygen atoms in total. The molecular weight excluding hydrogens is 431 g/mol. The molecule has 0 aliphatic heterocycles. The number of aromatic nitrogens is 1. The Kier molecular flexibility index (Phi) is 5.85. The average molecular weight is 442 g/mol. The van der Waals surface area contributed by atoms with Crippen LogP contribution in [0.4, 0.5) is 24.0 Å². The number of nitro groups is 1. The standard InChI is InChI=1S/C18H11ClF3N3O3S/c19-14-6-5-11(18(20,21)22)7-10(14)8-12-9-23-17(29-12)24-16(26)13-3-1-2-4-15(13)25(27)28/h1-7,9H,8H2,(H,23,24,26). The summed E-state index contributed by atoms with van der Waals surface area (Å²) in [5.41, 5.74) is -1.03. The summed E-state index contributed by atoms with van der Waals surface area (Å²) in [6.45, 7) is 0. The van der Waals surface area contributed by atoms with E-state index in [9.17, 15) is 28.1 Å². The molecule has 1 aromatic heterocycles. The molecule has 11 heteroatoms. The van der Waals surface area contributed by atoms with Gasteiger partial charge in [-0.1, -0.05) is 23.7 Å². The summed E-state index contributed by atoms with van der Waals surface area (Å²) in [5.74, 6) is -0.713. The predicted molar refractivity (Wildman–Crippen MR) is 102 cm³/mol. The molecule has 29 heavy (non-hydrogen) atoms. The Hall–Kier alpha value is -2.98. The van der Waals surface area contributed by atoms with Gasteiger partial charge in [0, 0.05) is 28.6 Å². The van der Waals surface area contributed by atoms with Crippen LogP contribution in [0.1, 0.15) is 26.4 Å². The fourth-order valence-corrected chi connectivity index (χ4v) is 3.53. The van der Waals surface area contributed by atoms with Gasteiger partial charge in [0.05, 0.1) is 10.5 Å². The van der Waals surface area contributed by atoms with E-state index in [0.717, 1.165) is 23.5 Å². The lowest BCUT2D eigenvalue weighted by atomic mass is 10.1.